The minimum atomic E-state index is -0.0203. The van der Waals surface area contributed by atoms with Gasteiger partial charge in [-0.1, -0.05) is 40.0 Å². The van der Waals surface area contributed by atoms with Gasteiger partial charge in [-0.15, -0.1) is 0 Å². The van der Waals surface area contributed by atoms with Gasteiger partial charge in [0.25, 0.3) is 0 Å². The average Bonchev–Trinajstić information content (AvgIpc) is 2.28. The molecule has 0 bridgehead atoms. The van der Waals surface area contributed by atoms with Crippen LogP contribution in [0.15, 0.2) is 0 Å². The number of nitrogens with zero attached hydrogens (tertiary/aromatic N) is 1. The molecule has 0 unspecified atom stereocenters. The average molecular weight is 255 g/mol. The molecule has 2 heteroatoms. The van der Waals surface area contributed by atoms with E-state index in [4.69, 9.17) is 5.11 Å². The molecule has 2 rings (SSSR count). The largest absolute Gasteiger partial charge is 0.393 e. The van der Waals surface area contributed by atoms with Crippen LogP contribution in [0.4, 0.5) is 0 Å². The van der Waals surface area contributed by atoms with Gasteiger partial charge in [0.05, 0.1) is 6.10 Å². The molecule has 0 aromatic rings. The van der Waals surface area contributed by atoms with Crippen LogP contribution >= 0.6 is 0 Å². The highest BCUT2D eigenvalue weighted by atomic mass is 16.3. The molecule has 2 nitrogen and oxygen atoms in total. The first-order chi connectivity index (χ1) is 8.61. The molecule has 1 heterocycles. The summed E-state index contributed by atoms with van der Waals surface area (Å²) < 4.78 is 0. The molecule has 2 fully saturated rings. The molecule has 1 saturated heterocycles. The molecule has 0 aromatic heterocycles. The molecule has 18 heavy (non-hydrogen) atoms. The van der Waals surface area contributed by atoms with Crippen molar-refractivity contribution < 1.29 is 5.11 Å². The van der Waals surface area contributed by atoms with E-state index in [2.05, 4.69) is 25.7 Å². The van der Waals surface area contributed by atoms with Gasteiger partial charge in [0.1, 0.15) is 0 Å². The Morgan fingerprint density at radius 3 is 2.06 bits per heavy atom. The number of hydrogen-bond acceptors (Lipinski definition) is 2. The van der Waals surface area contributed by atoms with Crippen LogP contribution in [0.3, 0.4) is 0 Å². The maximum Gasteiger partial charge on any atom is 0.0564 e. The third-order valence-corrected chi connectivity index (χ3v) is 4.13. The number of piperidine rings is 1. The fourth-order valence-corrected chi connectivity index (χ4v) is 2.85. The zero-order valence-electron chi connectivity index (χ0n) is 12.7. The van der Waals surface area contributed by atoms with Crippen LogP contribution in [0.25, 0.3) is 0 Å². The van der Waals surface area contributed by atoms with Crippen molar-refractivity contribution in [1.82, 2.24) is 4.90 Å². The minimum Gasteiger partial charge on any atom is -0.393 e. The molecular weight excluding hydrogens is 222 g/mol. The molecule has 0 spiro atoms. The summed E-state index contributed by atoms with van der Waals surface area (Å²) in [4.78, 5) is 2.42. The number of aliphatic hydroxyl groups is 1. The van der Waals surface area contributed by atoms with Crippen molar-refractivity contribution in [2.24, 2.45) is 11.8 Å². The van der Waals surface area contributed by atoms with E-state index in [1.54, 1.807) is 0 Å². The van der Waals surface area contributed by atoms with Crippen molar-refractivity contribution in [1.29, 1.82) is 0 Å². The fraction of sp³-hybridized carbons (Fsp3) is 1.00. The molecule has 1 aliphatic carbocycles. The molecule has 1 N–H and O–H groups in total. The summed E-state index contributed by atoms with van der Waals surface area (Å²) in [5.74, 6) is 2.04. The predicted octanol–water partition coefficient (Wildman–Crippen LogP) is 3.69. The van der Waals surface area contributed by atoms with Crippen molar-refractivity contribution in [2.75, 3.05) is 19.6 Å². The van der Waals surface area contributed by atoms with Gasteiger partial charge >= 0.3 is 0 Å². The van der Waals surface area contributed by atoms with Gasteiger partial charge in [-0.25, -0.2) is 0 Å². The normalized spacial score (nSPS) is 22.5. The number of rotatable bonds is 4. The van der Waals surface area contributed by atoms with Crippen molar-refractivity contribution in [3.05, 3.63) is 0 Å². The Kier molecular flexibility index (Phi) is 7.92. The Hall–Kier alpha value is -0.0800. The van der Waals surface area contributed by atoms with Gasteiger partial charge in [-0.2, -0.15) is 0 Å². The van der Waals surface area contributed by atoms with Crippen molar-refractivity contribution in [2.45, 2.75) is 71.8 Å². The first-order valence-electron chi connectivity index (χ1n) is 8.02. The lowest BCUT2D eigenvalue weighted by Crippen LogP contribution is -2.36. The highest BCUT2D eigenvalue weighted by Crippen LogP contribution is 2.31. The number of hydrogen-bond donors (Lipinski definition) is 1. The zero-order chi connectivity index (χ0) is 13.4. The van der Waals surface area contributed by atoms with E-state index < -0.39 is 0 Å². The van der Waals surface area contributed by atoms with E-state index in [1.807, 2.05) is 0 Å². The van der Waals surface area contributed by atoms with Crippen molar-refractivity contribution in [3.8, 4) is 0 Å². The van der Waals surface area contributed by atoms with Gasteiger partial charge < -0.3 is 10.0 Å². The van der Waals surface area contributed by atoms with E-state index in [1.165, 1.54) is 38.6 Å². The molecule has 1 saturated carbocycles. The van der Waals surface area contributed by atoms with Gasteiger partial charge in [-0.3, -0.25) is 0 Å². The summed E-state index contributed by atoms with van der Waals surface area (Å²) in [5.41, 5.74) is 0. The van der Waals surface area contributed by atoms with E-state index in [9.17, 15) is 0 Å². The SMILES string of the molecule is CC(C)CC1CCC1.CCCN1CCC(O)CC1. The van der Waals surface area contributed by atoms with Gasteiger partial charge in [0, 0.05) is 13.1 Å². The molecule has 108 valence electrons. The van der Waals surface area contributed by atoms with Gasteiger partial charge in [0.2, 0.25) is 0 Å². The van der Waals surface area contributed by atoms with E-state index in [0.717, 1.165) is 37.8 Å². The molecule has 0 atom stereocenters. The summed E-state index contributed by atoms with van der Waals surface area (Å²) >= 11 is 0. The van der Waals surface area contributed by atoms with Crippen LogP contribution < -0.4 is 0 Å². The monoisotopic (exact) mass is 255 g/mol. The number of aliphatic hydroxyl groups excluding tert-OH is 1. The van der Waals surface area contributed by atoms with Crippen LogP contribution in [0.2, 0.25) is 0 Å². The minimum absolute atomic E-state index is 0.0203. The molecular formula is C16H33NO. The van der Waals surface area contributed by atoms with E-state index >= 15 is 0 Å². The van der Waals surface area contributed by atoms with Gasteiger partial charge in [-0.05, 0) is 44.1 Å². The lowest BCUT2D eigenvalue weighted by molar-refractivity contribution is 0.0827. The summed E-state index contributed by atoms with van der Waals surface area (Å²) in [5, 5.41) is 9.17. The Labute approximate surface area is 114 Å². The second-order valence-corrected chi connectivity index (χ2v) is 6.50. The molecule has 2 aliphatic rings. The summed E-state index contributed by atoms with van der Waals surface area (Å²) in [6.45, 7) is 10.2. The second kappa shape index (κ2) is 8.92. The Morgan fingerprint density at radius 2 is 1.72 bits per heavy atom. The van der Waals surface area contributed by atoms with E-state index in [-0.39, 0.29) is 6.10 Å². The Balaban J connectivity index is 0.000000184. The predicted molar refractivity (Wildman–Crippen MR) is 78.8 cm³/mol. The van der Waals surface area contributed by atoms with E-state index in [0.29, 0.717) is 0 Å². The van der Waals surface area contributed by atoms with Gasteiger partial charge in [0.15, 0.2) is 0 Å². The smallest absolute Gasteiger partial charge is 0.0564 e. The van der Waals surface area contributed by atoms with Crippen LogP contribution in [-0.2, 0) is 0 Å². The van der Waals surface area contributed by atoms with Crippen LogP contribution in [0.1, 0.15) is 65.7 Å². The quantitative estimate of drug-likeness (QED) is 0.828. The molecule has 0 amide bonds. The Morgan fingerprint density at radius 1 is 1.11 bits per heavy atom. The maximum atomic E-state index is 9.17. The lowest BCUT2D eigenvalue weighted by atomic mass is 9.80. The standard InChI is InChI=1S/C8H17NO.C8H16/c1-2-5-9-6-3-8(10)4-7-9;1-7(2)6-8-4-3-5-8/h8,10H,2-7H2,1H3;7-8H,3-6H2,1-2H3. The first-order valence-corrected chi connectivity index (χ1v) is 8.02. The highest BCUT2D eigenvalue weighted by Gasteiger charge is 2.17. The fourth-order valence-electron chi connectivity index (χ4n) is 2.85. The van der Waals surface area contributed by atoms with Crippen LogP contribution in [-0.4, -0.2) is 35.7 Å². The third-order valence-electron chi connectivity index (χ3n) is 4.13. The molecule has 0 radical (unpaired) electrons. The summed E-state index contributed by atoms with van der Waals surface area (Å²) in [7, 11) is 0. The topological polar surface area (TPSA) is 23.5 Å². The van der Waals surface area contributed by atoms with Crippen molar-refractivity contribution in [3.63, 3.8) is 0 Å². The Bertz CT molecular complexity index is 193. The first kappa shape index (κ1) is 16.0. The molecule has 1 aliphatic heterocycles. The van der Waals surface area contributed by atoms with Crippen molar-refractivity contribution >= 4 is 0 Å². The molecule has 0 aromatic carbocycles. The number of likely N-dealkylation sites (tertiary alicyclic amines) is 1. The lowest BCUT2D eigenvalue weighted by Gasteiger charge is -2.28. The maximum absolute atomic E-state index is 9.17. The van der Waals surface area contributed by atoms with Crippen LogP contribution in [0.5, 0.6) is 0 Å². The highest BCUT2D eigenvalue weighted by molar-refractivity contribution is 4.70. The van der Waals surface area contributed by atoms with Crippen LogP contribution in [0, 0.1) is 11.8 Å². The summed E-state index contributed by atoms with van der Waals surface area (Å²) in [6, 6.07) is 0. The third kappa shape index (κ3) is 6.75. The zero-order valence-corrected chi connectivity index (χ0v) is 12.7. The summed E-state index contributed by atoms with van der Waals surface area (Å²) in [6.07, 6.45) is 9.15. The second-order valence-electron chi connectivity index (χ2n) is 6.50.